The molecule has 120 valence electrons. The number of nitrogens with one attached hydrogen (secondary N) is 1. The van der Waals surface area contributed by atoms with E-state index in [1.165, 1.54) is 23.7 Å². The minimum Gasteiger partial charge on any atom is -0.315 e. The molecule has 1 aromatic rings. The van der Waals surface area contributed by atoms with Crippen molar-refractivity contribution < 1.29 is 0 Å². The van der Waals surface area contributed by atoms with Crippen LogP contribution in [0, 0.1) is 0 Å². The smallest absolute Gasteiger partial charge is 0.0640 e. The number of nitrogens with zero attached hydrogens (tertiary/aromatic N) is 3. The van der Waals surface area contributed by atoms with Crippen LogP contribution in [0.4, 0.5) is 0 Å². The van der Waals surface area contributed by atoms with Crippen molar-refractivity contribution in [2.75, 3.05) is 32.1 Å². The maximum atomic E-state index is 4.81. The zero-order chi connectivity index (χ0) is 15.2. The Morgan fingerprint density at radius 3 is 2.81 bits per heavy atom. The van der Waals surface area contributed by atoms with Gasteiger partial charge in [-0.05, 0) is 33.0 Å². The molecule has 1 saturated heterocycles. The molecule has 0 spiro atoms. The Morgan fingerprint density at radius 1 is 1.43 bits per heavy atom. The van der Waals surface area contributed by atoms with Gasteiger partial charge in [0.25, 0.3) is 0 Å². The van der Waals surface area contributed by atoms with Gasteiger partial charge >= 0.3 is 0 Å². The Hall–Kier alpha value is -0.520. The van der Waals surface area contributed by atoms with Gasteiger partial charge in [-0.2, -0.15) is 16.9 Å². The molecule has 0 amide bonds. The van der Waals surface area contributed by atoms with E-state index >= 15 is 0 Å². The second-order valence-electron chi connectivity index (χ2n) is 5.98. The van der Waals surface area contributed by atoms with Gasteiger partial charge in [-0.1, -0.05) is 13.8 Å². The average Bonchev–Trinajstić information content (AvgIpc) is 2.95. The molecule has 0 bridgehead atoms. The molecule has 2 rings (SSSR count). The van der Waals surface area contributed by atoms with Crippen LogP contribution in [0.1, 0.15) is 38.4 Å². The van der Waals surface area contributed by atoms with E-state index in [-0.39, 0.29) is 0 Å². The Labute approximate surface area is 133 Å². The van der Waals surface area contributed by atoms with Crippen LogP contribution in [-0.4, -0.2) is 58.9 Å². The lowest BCUT2D eigenvalue weighted by molar-refractivity contribution is 0.218. The highest BCUT2D eigenvalue weighted by Gasteiger charge is 2.27. The highest BCUT2D eigenvalue weighted by Crippen LogP contribution is 2.20. The molecule has 1 aliphatic rings. The van der Waals surface area contributed by atoms with E-state index in [9.17, 15) is 0 Å². The van der Waals surface area contributed by atoms with Gasteiger partial charge in [-0.25, -0.2) is 0 Å². The van der Waals surface area contributed by atoms with Crippen molar-refractivity contribution in [1.29, 1.82) is 0 Å². The van der Waals surface area contributed by atoms with Gasteiger partial charge in [0.15, 0.2) is 0 Å². The van der Waals surface area contributed by atoms with E-state index in [2.05, 4.69) is 66.9 Å². The highest BCUT2D eigenvalue weighted by atomic mass is 32.2. The summed E-state index contributed by atoms with van der Waals surface area (Å²) >= 11 is 2.07. The number of aromatic nitrogens is 2. The standard InChI is InChI=1S/C16H30N4S/c1-5-14(6-2)20-8-7-13(18-20)11-15(17-3)16-12-21-10-9-19(16)4/h7-8,14-17H,5-6,9-12H2,1-4H3. The molecule has 2 heterocycles. The molecule has 0 aromatic carbocycles. The van der Waals surface area contributed by atoms with E-state index in [0.717, 1.165) is 19.3 Å². The Balaban J connectivity index is 2.01. The van der Waals surface area contributed by atoms with E-state index in [1.807, 2.05) is 0 Å². The normalized spacial score (nSPS) is 21.9. The number of thioether (sulfide) groups is 1. The van der Waals surface area contributed by atoms with Crippen LogP contribution in [0.2, 0.25) is 0 Å². The molecule has 4 nitrogen and oxygen atoms in total. The predicted octanol–water partition coefficient (Wildman–Crippen LogP) is 2.42. The lowest BCUT2D eigenvalue weighted by Crippen LogP contribution is -2.52. The van der Waals surface area contributed by atoms with Gasteiger partial charge in [0.05, 0.1) is 11.7 Å². The minimum absolute atomic E-state index is 0.479. The van der Waals surface area contributed by atoms with Gasteiger partial charge in [-0.3, -0.25) is 4.68 Å². The largest absolute Gasteiger partial charge is 0.315 e. The molecule has 1 aromatic heterocycles. The summed E-state index contributed by atoms with van der Waals surface area (Å²) in [6.07, 6.45) is 5.46. The molecular weight excluding hydrogens is 280 g/mol. The van der Waals surface area contributed by atoms with Crippen molar-refractivity contribution in [1.82, 2.24) is 20.0 Å². The summed E-state index contributed by atoms with van der Waals surface area (Å²) in [5.41, 5.74) is 1.21. The number of hydrogen-bond donors (Lipinski definition) is 1. The van der Waals surface area contributed by atoms with Gasteiger partial charge in [-0.15, -0.1) is 0 Å². The molecule has 1 fully saturated rings. The van der Waals surface area contributed by atoms with Crippen LogP contribution in [0.5, 0.6) is 0 Å². The van der Waals surface area contributed by atoms with Gasteiger partial charge in [0.1, 0.15) is 0 Å². The summed E-state index contributed by atoms with van der Waals surface area (Å²) < 4.78 is 2.15. The van der Waals surface area contributed by atoms with Crippen LogP contribution in [0.15, 0.2) is 12.3 Å². The van der Waals surface area contributed by atoms with Crippen molar-refractivity contribution in [2.24, 2.45) is 0 Å². The van der Waals surface area contributed by atoms with Crippen LogP contribution < -0.4 is 5.32 Å². The van der Waals surface area contributed by atoms with Gasteiger partial charge < -0.3 is 10.2 Å². The highest BCUT2D eigenvalue weighted by molar-refractivity contribution is 7.99. The molecule has 1 N–H and O–H groups in total. The molecule has 1 aliphatic heterocycles. The lowest BCUT2D eigenvalue weighted by atomic mass is 10.0. The van der Waals surface area contributed by atoms with E-state index in [0.29, 0.717) is 18.1 Å². The molecule has 2 atom stereocenters. The number of likely N-dealkylation sites (N-methyl/N-ethyl adjacent to an activating group) is 2. The lowest BCUT2D eigenvalue weighted by Gasteiger charge is -2.37. The van der Waals surface area contributed by atoms with Gasteiger partial charge in [0.2, 0.25) is 0 Å². The van der Waals surface area contributed by atoms with Crippen molar-refractivity contribution in [3.63, 3.8) is 0 Å². The van der Waals surface area contributed by atoms with Crippen LogP contribution in [0.3, 0.4) is 0 Å². The predicted molar refractivity (Wildman–Crippen MR) is 92.1 cm³/mol. The summed E-state index contributed by atoms with van der Waals surface area (Å²) in [7, 11) is 4.33. The summed E-state index contributed by atoms with van der Waals surface area (Å²) in [6.45, 7) is 5.66. The second-order valence-corrected chi connectivity index (χ2v) is 7.13. The van der Waals surface area contributed by atoms with E-state index in [4.69, 9.17) is 5.10 Å². The third-order valence-electron chi connectivity index (χ3n) is 4.69. The fraction of sp³-hybridized carbons (Fsp3) is 0.812. The summed E-state index contributed by atoms with van der Waals surface area (Å²) in [4.78, 5) is 2.50. The SMILES string of the molecule is CCC(CC)n1ccc(CC(NC)C2CSCCN2C)n1. The molecule has 2 unspecified atom stereocenters. The molecule has 21 heavy (non-hydrogen) atoms. The first-order valence-corrected chi connectivity index (χ1v) is 9.34. The molecule has 0 radical (unpaired) electrons. The summed E-state index contributed by atoms with van der Waals surface area (Å²) in [5.74, 6) is 2.47. The number of rotatable bonds is 7. The Bertz CT molecular complexity index is 416. The number of hydrogen-bond acceptors (Lipinski definition) is 4. The van der Waals surface area contributed by atoms with Crippen LogP contribution >= 0.6 is 11.8 Å². The first kappa shape index (κ1) is 16.8. The van der Waals surface area contributed by atoms with Crippen LogP contribution in [-0.2, 0) is 6.42 Å². The average molecular weight is 311 g/mol. The maximum absolute atomic E-state index is 4.81. The van der Waals surface area contributed by atoms with Gasteiger partial charge in [0, 0.05) is 42.8 Å². The quantitative estimate of drug-likeness (QED) is 0.838. The molecular formula is C16H30N4S. The van der Waals surface area contributed by atoms with E-state index < -0.39 is 0 Å². The summed E-state index contributed by atoms with van der Waals surface area (Å²) in [5, 5.41) is 8.32. The van der Waals surface area contributed by atoms with E-state index in [1.54, 1.807) is 0 Å². The molecule has 0 saturated carbocycles. The van der Waals surface area contributed by atoms with Crippen molar-refractivity contribution >= 4 is 11.8 Å². The van der Waals surface area contributed by atoms with Crippen LogP contribution in [0.25, 0.3) is 0 Å². The second kappa shape index (κ2) is 8.20. The minimum atomic E-state index is 0.479. The monoisotopic (exact) mass is 310 g/mol. The third-order valence-corrected chi connectivity index (χ3v) is 5.74. The zero-order valence-corrected chi connectivity index (χ0v) is 14.7. The summed E-state index contributed by atoms with van der Waals surface area (Å²) in [6, 6.07) is 3.82. The van der Waals surface area contributed by atoms with Crippen molar-refractivity contribution in [3.8, 4) is 0 Å². The first-order valence-electron chi connectivity index (χ1n) is 8.18. The maximum Gasteiger partial charge on any atom is 0.0640 e. The first-order chi connectivity index (χ1) is 10.2. The Morgan fingerprint density at radius 2 is 2.19 bits per heavy atom. The molecule has 0 aliphatic carbocycles. The topological polar surface area (TPSA) is 33.1 Å². The fourth-order valence-electron chi connectivity index (χ4n) is 3.14. The fourth-order valence-corrected chi connectivity index (χ4v) is 4.45. The zero-order valence-electron chi connectivity index (χ0n) is 13.9. The van der Waals surface area contributed by atoms with Crippen molar-refractivity contribution in [3.05, 3.63) is 18.0 Å². The van der Waals surface area contributed by atoms with Crippen molar-refractivity contribution in [2.45, 2.75) is 51.2 Å². The Kier molecular flexibility index (Phi) is 6.58. The third kappa shape index (κ3) is 4.24. The molecule has 5 heteroatoms.